The van der Waals surface area contributed by atoms with Gasteiger partial charge in [0, 0.05) is 12.4 Å². The van der Waals surface area contributed by atoms with Crippen molar-refractivity contribution >= 4 is 5.97 Å². The summed E-state index contributed by atoms with van der Waals surface area (Å²) < 4.78 is 40.9. The van der Waals surface area contributed by atoms with Crippen LogP contribution < -0.4 is 5.90 Å². The van der Waals surface area contributed by atoms with Crippen LogP contribution in [0, 0.1) is 5.92 Å². The molecule has 1 heterocycles. The Kier molecular flexibility index (Phi) is 8.68. The Bertz CT molecular complexity index is 905. The highest BCUT2D eigenvalue weighted by molar-refractivity contribution is 5.72. The topological polar surface area (TPSA) is 90.4 Å². The number of carboxylic acid groups (broad SMARTS) is 1. The van der Waals surface area contributed by atoms with E-state index in [-0.39, 0.29) is 12.5 Å². The molecule has 1 aliphatic rings. The molecule has 3 N–H and O–H groups in total. The van der Waals surface area contributed by atoms with Crippen molar-refractivity contribution in [1.29, 1.82) is 0 Å². The fourth-order valence-electron chi connectivity index (χ4n) is 4.56. The number of nitrogens with two attached hydrogens (primary N) is 1. The highest BCUT2D eigenvalue weighted by atomic mass is 19.4. The zero-order valence-electron chi connectivity index (χ0n) is 18.4. The van der Waals surface area contributed by atoms with E-state index < -0.39 is 23.8 Å². The van der Waals surface area contributed by atoms with E-state index in [1.54, 1.807) is 12.5 Å². The number of nitrogens with zero attached hydrogens (tertiary/aromatic N) is 2. The van der Waals surface area contributed by atoms with Crippen molar-refractivity contribution in [2.24, 2.45) is 11.8 Å². The molecule has 0 radical (unpaired) electrons. The minimum absolute atomic E-state index is 0.130. The van der Waals surface area contributed by atoms with Gasteiger partial charge in [-0.15, -0.1) is 0 Å². The highest BCUT2D eigenvalue weighted by Gasteiger charge is 2.31. The maximum Gasteiger partial charge on any atom is 0.416 e. The minimum atomic E-state index is -4.37. The summed E-state index contributed by atoms with van der Waals surface area (Å²) in [6.45, 7) is 0. The molecule has 0 bridgehead atoms. The fourth-order valence-corrected chi connectivity index (χ4v) is 4.56. The summed E-state index contributed by atoms with van der Waals surface area (Å²) in [6, 6.07) is 5.14. The first-order chi connectivity index (χ1) is 15.8. The number of halogens is 3. The van der Waals surface area contributed by atoms with Crippen molar-refractivity contribution < 1.29 is 27.9 Å². The maximum atomic E-state index is 13.0. The molecule has 1 aliphatic carbocycles. The van der Waals surface area contributed by atoms with Crippen molar-refractivity contribution in [3.8, 4) is 0 Å². The molecule has 0 spiro atoms. The lowest BCUT2D eigenvalue weighted by Crippen LogP contribution is -2.27. The van der Waals surface area contributed by atoms with Crippen LogP contribution in [0.15, 0.2) is 54.6 Å². The van der Waals surface area contributed by atoms with Crippen LogP contribution in [0.2, 0.25) is 0 Å². The Morgan fingerprint density at radius 3 is 2.48 bits per heavy atom. The molecule has 0 aliphatic heterocycles. The van der Waals surface area contributed by atoms with Crippen LogP contribution in [0.4, 0.5) is 13.2 Å². The van der Waals surface area contributed by atoms with Gasteiger partial charge in [-0.05, 0) is 61.3 Å². The van der Waals surface area contributed by atoms with Gasteiger partial charge in [0.25, 0.3) is 0 Å². The van der Waals surface area contributed by atoms with E-state index in [0.717, 1.165) is 49.0 Å². The SMILES string of the molecule is NOC(CCC=C(C1CCCCC1)C(Cc1ccc(C(F)(F)F)cc1)n1ccnc1)C(=O)O. The van der Waals surface area contributed by atoms with E-state index in [1.165, 1.54) is 18.6 Å². The van der Waals surface area contributed by atoms with E-state index in [0.29, 0.717) is 18.8 Å². The first kappa shape index (κ1) is 25.0. The lowest BCUT2D eigenvalue weighted by atomic mass is 9.78. The van der Waals surface area contributed by atoms with Gasteiger partial charge in [0.2, 0.25) is 0 Å². The van der Waals surface area contributed by atoms with Crippen LogP contribution in [0.3, 0.4) is 0 Å². The molecule has 1 fully saturated rings. The first-order valence-electron chi connectivity index (χ1n) is 11.2. The molecule has 0 saturated heterocycles. The van der Waals surface area contributed by atoms with E-state index in [4.69, 9.17) is 5.90 Å². The molecule has 0 amide bonds. The van der Waals surface area contributed by atoms with Crippen LogP contribution in [0.25, 0.3) is 0 Å². The molecule has 1 aromatic carbocycles. The number of allylic oxidation sites excluding steroid dienone is 2. The predicted molar refractivity (Wildman–Crippen MR) is 117 cm³/mol. The summed E-state index contributed by atoms with van der Waals surface area (Å²) in [6.07, 6.45) is 8.54. The summed E-state index contributed by atoms with van der Waals surface area (Å²) in [5.74, 6) is 4.33. The van der Waals surface area contributed by atoms with E-state index in [1.807, 2.05) is 10.8 Å². The Morgan fingerprint density at radius 1 is 1.24 bits per heavy atom. The zero-order chi connectivity index (χ0) is 23.8. The largest absolute Gasteiger partial charge is 0.479 e. The van der Waals surface area contributed by atoms with Crippen molar-refractivity contribution in [3.05, 3.63) is 65.8 Å². The van der Waals surface area contributed by atoms with Crippen molar-refractivity contribution in [2.75, 3.05) is 0 Å². The molecule has 2 aromatic rings. The Hall–Kier alpha value is -2.65. The van der Waals surface area contributed by atoms with E-state index >= 15 is 0 Å². The van der Waals surface area contributed by atoms with Gasteiger partial charge in [-0.2, -0.15) is 13.2 Å². The number of hydrogen-bond donors (Lipinski definition) is 2. The first-order valence-corrected chi connectivity index (χ1v) is 11.2. The molecule has 9 heteroatoms. The molecular weight excluding hydrogens is 435 g/mol. The van der Waals surface area contributed by atoms with Crippen molar-refractivity contribution in [2.45, 2.75) is 69.7 Å². The quantitative estimate of drug-likeness (QED) is 0.366. The zero-order valence-corrected chi connectivity index (χ0v) is 18.4. The lowest BCUT2D eigenvalue weighted by molar-refractivity contribution is -0.151. The third kappa shape index (κ3) is 6.91. The third-order valence-corrected chi connectivity index (χ3v) is 6.31. The van der Waals surface area contributed by atoms with Crippen molar-refractivity contribution in [3.63, 3.8) is 0 Å². The Labute approximate surface area is 191 Å². The average molecular weight is 466 g/mol. The van der Waals surface area contributed by atoms with Gasteiger partial charge in [0.05, 0.1) is 17.9 Å². The number of hydrogen-bond acceptors (Lipinski definition) is 4. The number of benzene rings is 1. The lowest BCUT2D eigenvalue weighted by Gasteiger charge is -2.31. The molecule has 33 heavy (non-hydrogen) atoms. The molecule has 6 nitrogen and oxygen atoms in total. The maximum absolute atomic E-state index is 13.0. The number of alkyl halides is 3. The van der Waals surface area contributed by atoms with Gasteiger partial charge < -0.3 is 9.67 Å². The van der Waals surface area contributed by atoms with Gasteiger partial charge in [-0.25, -0.2) is 15.7 Å². The van der Waals surface area contributed by atoms with Gasteiger partial charge in [0.15, 0.2) is 6.10 Å². The summed E-state index contributed by atoms with van der Waals surface area (Å²) >= 11 is 0. The molecule has 2 atom stereocenters. The number of rotatable bonds is 10. The number of carboxylic acids is 1. The second-order valence-corrected chi connectivity index (χ2v) is 8.50. The summed E-state index contributed by atoms with van der Waals surface area (Å²) in [7, 11) is 0. The fraction of sp³-hybridized carbons (Fsp3) is 0.500. The standard InChI is InChI=1S/C24H30F3N3O3/c25-24(26,27)19-11-9-17(10-12-19)15-21(30-14-13-29-16-30)20(18-5-2-1-3-6-18)7-4-8-22(33-28)23(31)32/h7,9-14,16,18,21-22H,1-6,8,15,28H2,(H,31,32). The summed E-state index contributed by atoms with van der Waals surface area (Å²) in [5, 5.41) is 9.20. The second-order valence-electron chi connectivity index (χ2n) is 8.50. The number of aliphatic carboxylic acids is 1. The Balaban J connectivity index is 1.89. The molecule has 180 valence electrons. The van der Waals surface area contributed by atoms with Gasteiger partial charge in [-0.1, -0.05) is 37.5 Å². The van der Waals surface area contributed by atoms with Crippen LogP contribution in [0.5, 0.6) is 0 Å². The molecule has 2 unspecified atom stereocenters. The Morgan fingerprint density at radius 2 is 1.94 bits per heavy atom. The molecular formula is C24H30F3N3O3. The van der Waals surface area contributed by atoms with Crippen LogP contribution in [0.1, 0.15) is 62.1 Å². The number of aromatic nitrogens is 2. The van der Waals surface area contributed by atoms with Gasteiger partial charge >= 0.3 is 12.1 Å². The normalized spacial score (nSPS) is 17.6. The molecule has 1 aromatic heterocycles. The van der Waals surface area contributed by atoms with Crippen LogP contribution in [-0.2, 0) is 22.2 Å². The second kappa shape index (κ2) is 11.5. The van der Waals surface area contributed by atoms with E-state index in [2.05, 4.69) is 15.9 Å². The highest BCUT2D eigenvalue weighted by Crippen LogP contribution is 2.38. The number of imidazole rings is 1. The summed E-state index contributed by atoms with van der Waals surface area (Å²) in [4.78, 5) is 20.0. The summed E-state index contributed by atoms with van der Waals surface area (Å²) in [5.41, 5.74) is 1.28. The van der Waals surface area contributed by atoms with Gasteiger partial charge in [-0.3, -0.25) is 4.84 Å². The van der Waals surface area contributed by atoms with E-state index in [9.17, 15) is 23.1 Å². The number of carbonyl (C=O) groups is 1. The van der Waals surface area contributed by atoms with Gasteiger partial charge in [0.1, 0.15) is 0 Å². The van der Waals surface area contributed by atoms with Crippen molar-refractivity contribution in [1.82, 2.24) is 9.55 Å². The van der Waals surface area contributed by atoms with Crippen LogP contribution >= 0.6 is 0 Å². The predicted octanol–water partition coefficient (Wildman–Crippen LogP) is 5.32. The monoisotopic (exact) mass is 465 g/mol. The average Bonchev–Trinajstić information content (AvgIpc) is 3.33. The third-order valence-electron chi connectivity index (χ3n) is 6.31. The van der Waals surface area contributed by atoms with Crippen LogP contribution in [-0.4, -0.2) is 26.7 Å². The smallest absolute Gasteiger partial charge is 0.416 e. The minimum Gasteiger partial charge on any atom is -0.479 e. The molecule has 1 saturated carbocycles. The molecule has 3 rings (SSSR count).